The van der Waals surface area contributed by atoms with Crippen molar-refractivity contribution in [3.63, 3.8) is 0 Å². The monoisotopic (exact) mass is 388 g/mol. The van der Waals surface area contributed by atoms with Crippen LogP contribution in [0.5, 0.6) is 0 Å². The van der Waals surface area contributed by atoms with Crippen LogP contribution in [0.15, 0.2) is 11.6 Å². The van der Waals surface area contributed by atoms with E-state index in [-0.39, 0.29) is 12.2 Å². The Balaban J connectivity index is 1.45. The lowest BCUT2D eigenvalue weighted by atomic mass is 9.47. The van der Waals surface area contributed by atoms with Crippen molar-refractivity contribution >= 4 is 0 Å². The zero-order valence-corrected chi connectivity index (χ0v) is 18.8. The van der Waals surface area contributed by atoms with E-state index in [9.17, 15) is 10.2 Å². The number of aliphatic hydroxyl groups is 2. The van der Waals surface area contributed by atoms with Gasteiger partial charge in [-0.1, -0.05) is 45.8 Å². The molecule has 0 aromatic rings. The maximum absolute atomic E-state index is 10.2. The van der Waals surface area contributed by atoms with Gasteiger partial charge < -0.3 is 10.2 Å². The Morgan fingerprint density at radius 3 is 2.61 bits per heavy atom. The Labute approximate surface area is 173 Å². The third kappa shape index (κ3) is 3.41. The van der Waals surface area contributed by atoms with E-state index in [2.05, 4.69) is 33.8 Å². The molecule has 0 aromatic heterocycles. The molecule has 8 unspecified atom stereocenters. The average Bonchev–Trinajstić information content (AvgIpc) is 2.99. The summed E-state index contributed by atoms with van der Waals surface area (Å²) in [4.78, 5) is 0. The van der Waals surface area contributed by atoms with E-state index in [0.717, 1.165) is 42.9 Å². The van der Waals surface area contributed by atoms with Crippen LogP contribution in [0, 0.1) is 40.4 Å². The summed E-state index contributed by atoms with van der Waals surface area (Å²) < 4.78 is 0. The summed E-state index contributed by atoms with van der Waals surface area (Å²) in [5, 5.41) is 20.4. The van der Waals surface area contributed by atoms with E-state index in [0.29, 0.717) is 16.7 Å². The van der Waals surface area contributed by atoms with Gasteiger partial charge in [0.25, 0.3) is 0 Å². The van der Waals surface area contributed by atoms with Gasteiger partial charge >= 0.3 is 0 Å². The summed E-state index contributed by atoms with van der Waals surface area (Å²) in [5.41, 5.74) is 2.48. The van der Waals surface area contributed by atoms with Crippen LogP contribution in [0.4, 0.5) is 0 Å². The highest BCUT2D eigenvalue weighted by atomic mass is 16.3. The minimum atomic E-state index is -0.121. The topological polar surface area (TPSA) is 40.5 Å². The molecule has 0 heterocycles. The van der Waals surface area contributed by atoms with Gasteiger partial charge in [-0.2, -0.15) is 0 Å². The van der Waals surface area contributed by atoms with Gasteiger partial charge in [0.15, 0.2) is 0 Å². The first kappa shape index (κ1) is 20.9. The molecule has 4 rings (SSSR count). The lowest BCUT2D eigenvalue weighted by molar-refractivity contribution is -0.0512. The molecule has 3 saturated carbocycles. The molecule has 4 aliphatic carbocycles. The highest BCUT2D eigenvalue weighted by Crippen LogP contribution is 2.66. The molecule has 160 valence electrons. The Morgan fingerprint density at radius 2 is 1.86 bits per heavy atom. The summed E-state index contributed by atoms with van der Waals surface area (Å²) in [5.74, 6) is 3.87. The lowest BCUT2D eigenvalue weighted by Gasteiger charge is -2.58. The van der Waals surface area contributed by atoms with Crippen LogP contribution >= 0.6 is 0 Å². The molecule has 4 aliphatic rings. The number of aliphatic hydroxyl groups excluding tert-OH is 2. The van der Waals surface area contributed by atoms with Gasteiger partial charge in [0, 0.05) is 0 Å². The van der Waals surface area contributed by atoms with Gasteiger partial charge in [-0.15, -0.1) is 0 Å². The summed E-state index contributed by atoms with van der Waals surface area (Å²) in [6, 6.07) is 0. The molecule has 0 aliphatic heterocycles. The predicted octanol–water partition coefficient (Wildman–Crippen LogP) is 6.11. The van der Waals surface area contributed by atoms with Crippen LogP contribution in [0.25, 0.3) is 0 Å². The first-order valence-corrected chi connectivity index (χ1v) is 12.3. The molecule has 8 atom stereocenters. The van der Waals surface area contributed by atoms with Crippen molar-refractivity contribution in [1.29, 1.82) is 0 Å². The smallest absolute Gasteiger partial charge is 0.0577 e. The molecule has 2 N–H and O–H groups in total. The minimum Gasteiger partial charge on any atom is -0.393 e. The Bertz CT molecular complexity index is 595. The summed E-state index contributed by atoms with van der Waals surface area (Å²) in [6.45, 7) is 9.42. The third-order valence-corrected chi connectivity index (χ3v) is 10.1. The van der Waals surface area contributed by atoms with Crippen molar-refractivity contribution in [2.24, 2.45) is 40.4 Å². The van der Waals surface area contributed by atoms with Crippen LogP contribution in [0.2, 0.25) is 0 Å². The maximum atomic E-state index is 10.2. The number of allylic oxidation sites excluding steroid dienone is 1. The lowest BCUT2D eigenvalue weighted by Crippen LogP contribution is -2.50. The third-order valence-electron chi connectivity index (χ3n) is 10.1. The highest BCUT2D eigenvalue weighted by Gasteiger charge is 2.58. The van der Waals surface area contributed by atoms with Crippen molar-refractivity contribution in [3.8, 4) is 0 Å². The summed E-state index contributed by atoms with van der Waals surface area (Å²) in [7, 11) is 0. The molecule has 3 fully saturated rings. The number of rotatable bonds is 5. The van der Waals surface area contributed by atoms with Crippen LogP contribution in [-0.4, -0.2) is 22.4 Å². The van der Waals surface area contributed by atoms with Gasteiger partial charge in [0.05, 0.1) is 12.2 Å². The molecule has 0 bridgehead atoms. The number of hydrogen-bond donors (Lipinski definition) is 2. The summed E-state index contributed by atoms with van der Waals surface area (Å²) in [6.07, 6.45) is 15.9. The average molecular weight is 389 g/mol. The van der Waals surface area contributed by atoms with Crippen molar-refractivity contribution in [2.75, 3.05) is 0 Å². The van der Waals surface area contributed by atoms with Crippen LogP contribution in [0.1, 0.15) is 98.3 Å². The first-order valence-electron chi connectivity index (χ1n) is 12.3. The Hall–Kier alpha value is -0.340. The second-order valence-electron chi connectivity index (χ2n) is 11.7. The van der Waals surface area contributed by atoms with Gasteiger partial charge in [0.1, 0.15) is 0 Å². The van der Waals surface area contributed by atoms with E-state index < -0.39 is 0 Å². The largest absolute Gasteiger partial charge is 0.393 e. The minimum absolute atomic E-state index is 0.0956. The van der Waals surface area contributed by atoms with Gasteiger partial charge in [0.2, 0.25) is 0 Å². The normalized spacial score (nSPS) is 46.5. The second kappa shape index (κ2) is 7.73. The van der Waals surface area contributed by atoms with E-state index in [1.165, 1.54) is 51.4 Å². The molecule has 0 amide bonds. The Morgan fingerprint density at radius 1 is 1.07 bits per heavy atom. The number of hydrogen-bond acceptors (Lipinski definition) is 2. The quantitative estimate of drug-likeness (QED) is 0.558. The highest BCUT2D eigenvalue weighted by molar-refractivity contribution is 5.25. The zero-order chi connectivity index (χ0) is 20.1. The molecule has 0 spiro atoms. The molecule has 0 aromatic carbocycles. The maximum Gasteiger partial charge on any atom is 0.0577 e. The Kier molecular flexibility index (Phi) is 5.77. The molecular formula is C26H44O2. The molecule has 2 heteroatoms. The summed E-state index contributed by atoms with van der Waals surface area (Å²) >= 11 is 0. The zero-order valence-electron chi connectivity index (χ0n) is 18.8. The van der Waals surface area contributed by atoms with Crippen molar-refractivity contribution in [1.82, 2.24) is 0 Å². The van der Waals surface area contributed by atoms with Crippen LogP contribution in [-0.2, 0) is 0 Å². The fourth-order valence-electron chi connectivity index (χ4n) is 8.13. The van der Waals surface area contributed by atoms with Crippen molar-refractivity contribution < 1.29 is 10.2 Å². The molecule has 2 nitrogen and oxygen atoms in total. The standard InChI is InChI=1S/C26H44O2/c1-17(2)24(28)7-5-6-18-9-11-22-21-10-8-19-16-20(27)12-14-26(19,4)23(21)13-15-25(18,22)3/h8,17-18,20-24,27-28H,5-7,9-16H2,1-4H3. The SMILES string of the molecule is CC(C)C(O)CCCC1CCC2C3CC=C4CC(O)CCC4(C)C3CCC12C. The predicted molar refractivity (Wildman–Crippen MR) is 116 cm³/mol. The number of fused-ring (bicyclic) bond motifs is 5. The van der Waals surface area contributed by atoms with E-state index in [4.69, 9.17) is 0 Å². The molecular weight excluding hydrogens is 344 g/mol. The molecule has 0 radical (unpaired) electrons. The molecule has 28 heavy (non-hydrogen) atoms. The van der Waals surface area contributed by atoms with E-state index in [1.54, 1.807) is 5.57 Å². The fourth-order valence-corrected chi connectivity index (χ4v) is 8.13. The van der Waals surface area contributed by atoms with Gasteiger partial charge in [-0.3, -0.25) is 0 Å². The van der Waals surface area contributed by atoms with Gasteiger partial charge in [-0.25, -0.2) is 0 Å². The van der Waals surface area contributed by atoms with E-state index >= 15 is 0 Å². The van der Waals surface area contributed by atoms with Crippen molar-refractivity contribution in [2.45, 2.75) is 111 Å². The van der Waals surface area contributed by atoms with Crippen molar-refractivity contribution in [3.05, 3.63) is 11.6 Å². The van der Waals surface area contributed by atoms with Crippen LogP contribution < -0.4 is 0 Å². The van der Waals surface area contributed by atoms with Crippen LogP contribution in [0.3, 0.4) is 0 Å². The first-order chi connectivity index (χ1) is 13.3. The van der Waals surface area contributed by atoms with E-state index in [1.807, 2.05) is 0 Å². The second-order valence-corrected chi connectivity index (χ2v) is 11.7. The fraction of sp³-hybridized carbons (Fsp3) is 0.923. The van der Waals surface area contributed by atoms with Gasteiger partial charge in [-0.05, 0) is 105 Å². The molecule has 0 saturated heterocycles.